The van der Waals surface area contributed by atoms with E-state index in [1.54, 1.807) is 12.1 Å². The Balaban J connectivity index is 1.44. The minimum Gasteiger partial charge on any atom is -0.385 e. The van der Waals surface area contributed by atoms with Crippen molar-refractivity contribution in [3.63, 3.8) is 0 Å². The number of rotatable bonds is 5. The molecule has 2 saturated heterocycles. The summed E-state index contributed by atoms with van der Waals surface area (Å²) in [4.78, 5) is 14.1. The lowest BCUT2D eigenvalue weighted by atomic mass is 9.84. The van der Waals surface area contributed by atoms with Crippen molar-refractivity contribution in [2.45, 2.75) is 37.4 Å². The van der Waals surface area contributed by atoms with Crippen LogP contribution < -0.4 is 5.32 Å². The predicted molar refractivity (Wildman–Crippen MR) is 88.0 cm³/mol. The molecule has 1 aromatic carbocycles. The van der Waals surface area contributed by atoms with Gasteiger partial charge in [-0.15, -0.1) is 0 Å². The number of halogens is 1. The van der Waals surface area contributed by atoms with Gasteiger partial charge in [-0.2, -0.15) is 0 Å². The average molecular weight is 336 g/mol. The molecule has 0 unspecified atom stereocenters. The van der Waals surface area contributed by atoms with Crippen LogP contribution >= 0.6 is 0 Å². The number of amides is 1. The predicted octanol–water partition coefficient (Wildman–Crippen LogP) is 1.40. The third kappa shape index (κ3) is 4.32. The number of benzene rings is 1. The highest BCUT2D eigenvalue weighted by molar-refractivity contribution is 5.78. The summed E-state index contributed by atoms with van der Waals surface area (Å²) < 4.78 is 18.5. The maximum absolute atomic E-state index is 13.0. The molecule has 1 amide bonds. The molecular weight excluding hydrogens is 311 g/mol. The first-order valence-corrected chi connectivity index (χ1v) is 8.64. The molecule has 2 fully saturated rings. The zero-order valence-corrected chi connectivity index (χ0v) is 13.8. The van der Waals surface area contributed by atoms with Gasteiger partial charge < -0.3 is 15.2 Å². The molecule has 0 radical (unpaired) electrons. The minimum absolute atomic E-state index is 0.00211. The van der Waals surface area contributed by atoms with Crippen molar-refractivity contribution in [2.24, 2.45) is 0 Å². The van der Waals surface area contributed by atoms with Crippen LogP contribution in [0.5, 0.6) is 0 Å². The number of likely N-dealkylation sites (tertiary alicyclic amines) is 1. The number of nitrogens with zero attached hydrogens (tertiary/aromatic N) is 1. The molecular formula is C18H25FN2O3. The SMILES string of the molecule is O=C(CN1CCC(O)(c2ccc(F)cc2)CC1)NC[C@H]1CCCO1. The number of carbonyl (C=O) groups excluding carboxylic acids is 1. The second kappa shape index (κ2) is 7.59. The molecule has 1 aromatic rings. The molecule has 2 aliphatic heterocycles. The lowest BCUT2D eigenvalue weighted by Gasteiger charge is -2.38. The quantitative estimate of drug-likeness (QED) is 0.853. The first-order valence-electron chi connectivity index (χ1n) is 8.64. The van der Waals surface area contributed by atoms with Gasteiger partial charge in [0, 0.05) is 26.2 Å². The van der Waals surface area contributed by atoms with Gasteiger partial charge in [-0.1, -0.05) is 12.1 Å². The number of nitrogens with one attached hydrogen (secondary N) is 1. The monoisotopic (exact) mass is 336 g/mol. The molecule has 0 bridgehead atoms. The molecule has 1 atom stereocenters. The number of ether oxygens (including phenoxy) is 1. The van der Waals surface area contributed by atoms with E-state index in [4.69, 9.17) is 4.74 Å². The molecule has 2 N–H and O–H groups in total. The maximum Gasteiger partial charge on any atom is 0.234 e. The molecule has 5 nitrogen and oxygen atoms in total. The van der Waals surface area contributed by atoms with Gasteiger partial charge in [0.25, 0.3) is 0 Å². The zero-order chi connectivity index (χ0) is 17.0. The molecule has 6 heteroatoms. The van der Waals surface area contributed by atoms with Crippen molar-refractivity contribution < 1.29 is 19.0 Å². The number of hydrogen-bond acceptors (Lipinski definition) is 4. The Bertz CT molecular complexity index is 550. The Morgan fingerprint density at radius 1 is 1.33 bits per heavy atom. The summed E-state index contributed by atoms with van der Waals surface area (Å²) >= 11 is 0. The zero-order valence-electron chi connectivity index (χ0n) is 13.8. The first-order chi connectivity index (χ1) is 11.5. The van der Waals surface area contributed by atoms with Crippen LogP contribution in [0.2, 0.25) is 0 Å². The summed E-state index contributed by atoms with van der Waals surface area (Å²) in [7, 11) is 0. The Morgan fingerprint density at radius 3 is 2.67 bits per heavy atom. The third-order valence-electron chi connectivity index (χ3n) is 4.98. The van der Waals surface area contributed by atoms with E-state index in [0.29, 0.717) is 39.0 Å². The van der Waals surface area contributed by atoms with Crippen LogP contribution in [0.3, 0.4) is 0 Å². The Morgan fingerprint density at radius 2 is 2.04 bits per heavy atom. The van der Waals surface area contributed by atoms with Gasteiger partial charge in [-0.05, 0) is 43.4 Å². The van der Waals surface area contributed by atoms with Crippen LogP contribution in [0.15, 0.2) is 24.3 Å². The van der Waals surface area contributed by atoms with Gasteiger partial charge in [0.2, 0.25) is 5.91 Å². The van der Waals surface area contributed by atoms with E-state index in [1.807, 2.05) is 4.90 Å². The fourth-order valence-corrected chi connectivity index (χ4v) is 3.42. The van der Waals surface area contributed by atoms with E-state index >= 15 is 0 Å². The fraction of sp³-hybridized carbons (Fsp3) is 0.611. The highest BCUT2D eigenvalue weighted by atomic mass is 19.1. The summed E-state index contributed by atoms with van der Waals surface area (Å²) in [5, 5.41) is 13.7. The normalized spacial score (nSPS) is 24.0. The minimum atomic E-state index is -0.932. The van der Waals surface area contributed by atoms with E-state index < -0.39 is 5.60 Å². The topological polar surface area (TPSA) is 61.8 Å². The average Bonchev–Trinajstić information content (AvgIpc) is 3.09. The van der Waals surface area contributed by atoms with Crippen LogP contribution in [-0.2, 0) is 15.1 Å². The van der Waals surface area contributed by atoms with Crippen molar-refractivity contribution in [3.05, 3.63) is 35.6 Å². The summed E-state index contributed by atoms with van der Waals surface area (Å²) in [5.74, 6) is -0.305. The van der Waals surface area contributed by atoms with E-state index in [-0.39, 0.29) is 17.8 Å². The number of carbonyl (C=O) groups is 1. The third-order valence-corrected chi connectivity index (χ3v) is 4.98. The molecule has 2 heterocycles. The Kier molecular flexibility index (Phi) is 5.48. The second-order valence-electron chi connectivity index (χ2n) is 6.75. The molecule has 132 valence electrons. The maximum atomic E-state index is 13.0. The Labute approximate surface area is 141 Å². The van der Waals surface area contributed by atoms with Gasteiger partial charge in [0.05, 0.1) is 18.2 Å². The summed E-state index contributed by atoms with van der Waals surface area (Å²) in [6, 6.07) is 6.02. The molecule has 0 saturated carbocycles. The van der Waals surface area contributed by atoms with Crippen molar-refractivity contribution in [2.75, 3.05) is 32.8 Å². The van der Waals surface area contributed by atoms with E-state index in [1.165, 1.54) is 12.1 Å². The fourth-order valence-electron chi connectivity index (χ4n) is 3.42. The van der Waals surface area contributed by atoms with E-state index in [2.05, 4.69) is 5.32 Å². The lowest BCUT2D eigenvalue weighted by Crippen LogP contribution is -2.47. The van der Waals surface area contributed by atoms with Gasteiger partial charge >= 0.3 is 0 Å². The standard InChI is InChI=1S/C18H25FN2O3/c19-15-5-3-14(4-6-15)18(23)7-9-21(10-8-18)13-17(22)20-12-16-2-1-11-24-16/h3-6,16,23H,1-2,7-13H2,(H,20,22)/t16-/m1/s1. The van der Waals surface area contributed by atoms with Gasteiger partial charge in [-0.25, -0.2) is 4.39 Å². The molecule has 0 aliphatic carbocycles. The van der Waals surface area contributed by atoms with Gasteiger partial charge in [0.1, 0.15) is 5.82 Å². The van der Waals surface area contributed by atoms with Crippen LogP contribution in [0.1, 0.15) is 31.2 Å². The molecule has 0 aromatic heterocycles. The summed E-state index contributed by atoms with van der Waals surface area (Å²) in [5.41, 5.74) is -0.190. The van der Waals surface area contributed by atoms with Crippen LogP contribution in [0, 0.1) is 5.82 Å². The van der Waals surface area contributed by atoms with Crippen LogP contribution in [-0.4, -0.2) is 54.8 Å². The van der Waals surface area contributed by atoms with Crippen LogP contribution in [0.25, 0.3) is 0 Å². The lowest BCUT2D eigenvalue weighted by molar-refractivity contribution is -0.124. The van der Waals surface area contributed by atoms with Gasteiger partial charge in [0.15, 0.2) is 0 Å². The van der Waals surface area contributed by atoms with E-state index in [9.17, 15) is 14.3 Å². The second-order valence-corrected chi connectivity index (χ2v) is 6.75. The smallest absolute Gasteiger partial charge is 0.234 e. The summed E-state index contributed by atoms with van der Waals surface area (Å²) in [6.07, 6.45) is 3.30. The van der Waals surface area contributed by atoms with Crippen molar-refractivity contribution in [1.29, 1.82) is 0 Å². The number of piperidine rings is 1. The number of hydrogen-bond donors (Lipinski definition) is 2. The first kappa shape index (κ1) is 17.3. The molecule has 2 aliphatic rings. The van der Waals surface area contributed by atoms with Crippen LogP contribution in [0.4, 0.5) is 4.39 Å². The van der Waals surface area contributed by atoms with Gasteiger partial charge in [-0.3, -0.25) is 9.69 Å². The highest BCUT2D eigenvalue weighted by Gasteiger charge is 2.34. The summed E-state index contributed by atoms with van der Waals surface area (Å²) in [6.45, 7) is 2.98. The Hall–Kier alpha value is -1.50. The molecule has 3 rings (SSSR count). The molecule has 0 spiro atoms. The van der Waals surface area contributed by atoms with Crippen molar-refractivity contribution in [3.8, 4) is 0 Å². The van der Waals surface area contributed by atoms with Crippen molar-refractivity contribution in [1.82, 2.24) is 10.2 Å². The van der Waals surface area contributed by atoms with E-state index in [0.717, 1.165) is 25.0 Å². The largest absolute Gasteiger partial charge is 0.385 e. The molecule has 24 heavy (non-hydrogen) atoms. The number of aliphatic hydroxyl groups is 1. The van der Waals surface area contributed by atoms with Crippen molar-refractivity contribution >= 4 is 5.91 Å². The highest BCUT2D eigenvalue weighted by Crippen LogP contribution is 2.32.